The molecule has 0 aliphatic heterocycles. The Morgan fingerprint density at radius 1 is 1.42 bits per heavy atom. The van der Waals surface area contributed by atoms with Gasteiger partial charge in [-0.05, 0) is 30.3 Å². The van der Waals surface area contributed by atoms with E-state index in [0.717, 1.165) is 4.88 Å². The Bertz CT molecular complexity index is 597. The zero-order valence-corrected chi connectivity index (χ0v) is 11.7. The molecule has 1 aromatic carbocycles. The van der Waals surface area contributed by atoms with Crippen molar-refractivity contribution in [1.82, 2.24) is 5.32 Å². The standard InChI is InChI=1S/C13H12ClNO3S/c1-18-11-4-2-8(6-10(11)16)13(17)15-7-9-3-5-12(14)19-9/h2-6,16H,7H2,1H3,(H,15,17). The Morgan fingerprint density at radius 2 is 2.21 bits per heavy atom. The topological polar surface area (TPSA) is 58.6 Å². The van der Waals surface area contributed by atoms with E-state index in [-0.39, 0.29) is 11.7 Å². The lowest BCUT2D eigenvalue weighted by atomic mass is 10.2. The van der Waals surface area contributed by atoms with Crippen molar-refractivity contribution >= 4 is 28.8 Å². The molecule has 1 amide bonds. The number of rotatable bonds is 4. The molecule has 0 unspecified atom stereocenters. The summed E-state index contributed by atoms with van der Waals surface area (Å²) < 4.78 is 5.60. The van der Waals surface area contributed by atoms with Gasteiger partial charge in [-0.15, -0.1) is 11.3 Å². The van der Waals surface area contributed by atoms with Crippen LogP contribution in [-0.4, -0.2) is 18.1 Å². The number of thiophene rings is 1. The minimum atomic E-state index is -0.262. The van der Waals surface area contributed by atoms with Gasteiger partial charge in [-0.25, -0.2) is 0 Å². The van der Waals surface area contributed by atoms with Gasteiger partial charge in [-0.2, -0.15) is 0 Å². The molecule has 2 aromatic rings. The van der Waals surface area contributed by atoms with E-state index in [9.17, 15) is 9.90 Å². The number of carbonyl (C=O) groups is 1. The highest BCUT2D eigenvalue weighted by Gasteiger charge is 2.09. The van der Waals surface area contributed by atoms with E-state index < -0.39 is 0 Å². The first-order valence-corrected chi connectivity index (χ1v) is 6.69. The van der Waals surface area contributed by atoms with Gasteiger partial charge in [0.25, 0.3) is 5.91 Å². The average molecular weight is 298 g/mol. The molecule has 0 fully saturated rings. The van der Waals surface area contributed by atoms with E-state index in [0.29, 0.717) is 22.2 Å². The fourth-order valence-electron chi connectivity index (χ4n) is 1.55. The normalized spacial score (nSPS) is 10.2. The largest absolute Gasteiger partial charge is 0.504 e. The number of hydrogen-bond acceptors (Lipinski definition) is 4. The monoisotopic (exact) mass is 297 g/mol. The third-order valence-electron chi connectivity index (χ3n) is 2.49. The van der Waals surface area contributed by atoms with Crippen LogP contribution in [0.15, 0.2) is 30.3 Å². The molecule has 19 heavy (non-hydrogen) atoms. The number of amides is 1. The molecule has 0 spiro atoms. The molecule has 0 saturated heterocycles. The second-order valence-electron chi connectivity index (χ2n) is 3.78. The molecule has 2 rings (SSSR count). The first-order valence-electron chi connectivity index (χ1n) is 5.49. The smallest absolute Gasteiger partial charge is 0.251 e. The maximum absolute atomic E-state index is 11.9. The van der Waals surface area contributed by atoms with Crippen LogP contribution in [0, 0.1) is 0 Å². The van der Waals surface area contributed by atoms with Crippen LogP contribution in [0.1, 0.15) is 15.2 Å². The predicted octanol–water partition coefficient (Wildman–Crippen LogP) is 3.05. The maximum atomic E-state index is 11.9. The molecule has 0 radical (unpaired) electrons. The second-order valence-corrected chi connectivity index (χ2v) is 5.57. The minimum Gasteiger partial charge on any atom is -0.504 e. The van der Waals surface area contributed by atoms with E-state index in [1.807, 2.05) is 6.07 Å². The summed E-state index contributed by atoms with van der Waals surface area (Å²) in [6.45, 7) is 0.406. The van der Waals surface area contributed by atoms with Gasteiger partial charge in [0.1, 0.15) is 0 Å². The van der Waals surface area contributed by atoms with Crippen molar-refractivity contribution in [3.05, 3.63) is 45.1 Å². The number of phenolic OH excluding ortho intramolecular Hbond substituents is 1. The molecule has 100 valence electrons. The molecule has 0 bridgehead atoms. The highest BCUT2D eigenvalue weighted by atomic mass is 35.5. The van der Waals surface area contributed by atoms with Crippen LogP contribution in [0.2, 0.25) is 4.34 Å². The number of aromatic hydroxyl groups is 1. The summed E-state index contributed by atoms with van der Waals surface area (Å²) in [7, 11) is 1.45. The number of phenols is 1. The van der Waals surface area contributed by atoms with Gasteiger partial charge in [0.2, 0.25) is 0 Å². The number of nitrogens with one attached hydrogen (secondary N) is 1. The van der Waals surface area contributed by atoms with E-state index >= 15 is 0 Å². The van der Waals surface area contributed by atoms with Crippen LogP contribution in [0.5, 0.6) is 11.5 Å². The third kappa shape index (κ3) is 3.39. The first-order chi connectivity index (χ1) is 9.10. The molecule has 0 aliphatic carbocycles. The van der Waals surface area contributed by atoms with Gasteiger partial charge in [0.05, 0.1) is 18.0 Å². The molecule has 1 heterocycles. The summed E-state index contributed by atoms with van der Waals surface area (Å²) in [4.78, 5) is 12.9. The summed E-state index contributed by atoms with van der Waals surface area (Å²) in [5.74, 6) is 0.0124. The quantitative estimate of drug-likeness (QED) is 0.912. The van der Waals surface area contributed by atoms with E-state index in [2.05, 4.69) is 5.32 Å². The summed E-state index contributed by atoms with van der Waals surface area (Å²) in [6, 6.07) is 8.16. The van der Waals surface area contributed by atoms with Gasteiger partial charge in [0, 0.05) is 10.4 Å². The van der Waals surface area contributed by atoms with Gasteiger partial charge < -0.3 is 15.2 Å². The molecule has 0 saturated carbocycles. The molecule has 6 heteroatoms. The van der Waals surface area contributed by atoms with Crippen molar-refractivity contribution < 1.29 is 14.6 Å². The lowest BCUT2D eigenvalue weighted by molar-refractivity contribution is 0.0951. The summed E-state index contributed by atoms with van der Waals surface area (Å²) in [5.41, 5.74) is 0.376. The summed E-state index contributed by atoms with van der Waals surface area (Å²) in [6.07, 6.45) is 0. The zero-order valence-electron chi connectivity index (χ0n) is 10.1. The highest BCUT2D eigenvalue weighted by Crippen LogP contribution is 2.26. The van der Waals surface area contributed by atoms with Crippen LogP contribution < -0.4 is 10.1 Å². The van der Waals surface area contributed by atoms with Crippen molar-refractivity contribution in [2.45, 2.75) is 6.54 Å². The van der Waals surface area contributed by atoms with Crippen LogP contribution in [0.25, 0.3) is 0 Å². The molecule has 2 N–H and O–H groups in total. The zero-order chi connectivity index (χ0) is 13.8. The molecule has 0 atom stereocenters. The van der Waals surface area contributed by atoms with E-state index in [1.165, 1.54) is 24.5 Å². The number of carbonyl (C=O) groups excluding carboxylic acids is 1. The van der Waals surface area contributed by atoms with E-state index in [4.69, 9.17) is 16.3 Å². The number of ether oxygens (including phenoxy) is 1. The van der Waals surface area contributed by atoms with Gasteiger partial charge in [-0.1, -0.05) is 11.6 Å². The Hall–Kier alpha value is -1.72. The van der Waals surface area contributed by atoms with Gasteiger partial charge in [-0.3, -0.25) is 4.79 Å². The average Bonchev–Trinajstić information content (AvgIpc) is 2.81. The lowest BCUT2D eigenvalue weighted by Gasteiger charge is -2.06. The maximum Gasteiger partial charge on any atom is 0.251 e. The van der Waals surface area contributed by atoms with Crippen molar-refractivity contribution in [3.63, 3.8) is 0 Å². The van der Waals surface area contributed by atoms with Crippen LogP contribution >= 0.6 is 22.9 Å². The first kappa shape index (κ1) is 13.7. The molecular formula is C13H12ClNO3S. The predicted molar refractivity (Wildman–Crippen MR) is 75.2 cm³/mol. The molecular weight excluding hydrogens is 286 g/mol. The Kier molecular flexibility index (Phi) is 4.29. The molecule has 4 nitrogen and oxygen atoms in total. The Labute approximate surface area is 119 Å². The Balaban J connectivity index is 2.01. The highest BCUT2D eigenvalue weighted by molar-refractivity contribution is 7.16. The number of methoxy groups -OCH3 is 1. The summed E-state index contributed by atoms with van der Waals surface area (Å²) >= 11 is 7.22. The van der Waals surface area contributed by atoms with Crippen molar-refractivity contribution in [1.29, 1.82) is 0 Å². The number of halogens is 1. The third-order valence-corrected chi connectivity index (χ3v) is 3.72. The fourth-order valence-corrected chi connectivity index (χ4v) is 2.57. The van der Waals surface area contributed by atoms with Gasteiger partial charge in [0.15, 0.2) is 11.5 Å². The second kappa shape index (κ2) is 5.95. The molecule has 0 aliphatic rings. The number of hydrogen-bond donors (Lipinski definition) is 2. The lowest BCUT2D eigenvalue weighted by Crippen LogP contribution is -2.22. The van der Waals surface area contributed by atoms with Gasteiger partial charge >= 0.3 is 0 Å². The Morgan fingerprint density at radius 3 is 2.79 bits per heavy atom. The SMILES string of the molecule is COc1ccc(C(=O)NCc2ccc(Cl)s2)cc1O. The minimum absolute atomic E-state index is 0.0608. The van der Waals surface area contributed by atoms with Crippen molar-refractivity contribution in [3.8, 4) is 11.5 Å². The van der Waals surface area contributed by atoms with Crippen molar-refractivity contribution in [2.24, 2.45) is 0 Å². The number of benzene rings is 1. The van der Waals surface area contributed by atoms with E-state index in [1.54, 1.807) is 18.2 Å². The van der Waals surface area contributed by atoms with Crippen LogP contribution in [0.4, 0.5) is 0 Å². The molecule has 1 aromatic heterocycles. The fraction of sp³-hybridized carbons (Fsp3) is 0.154. The van der Waals surface area contributed by atoms with Crippen LogP contribution in [-0.2, 0) is 6.54 Å². The summed E-state index contributed by atoms with van der Waals surface area (Å²) in [5, 5.41) is 12.4. The van der Waals surface area contributed by atoms with Crippen LogP contribution in [0.3, 0.4) is 0 Å². The van der Waals surface area contributed by atoms with Crippen molar-refractivity contribution in [2.75, 3.05) is 7.11 Å².